The van der Waals surface area contributed by atoms with E-state index in [0.29, 0.717) is 12.6 Å². The van der Waals surface area contributed by atoms with Gasteiger partial charge in [-0.2, -0.15) is 0 Å². The predicted molar refractivity (Wildman–Crippen MR) is 57.5 cm³/mol. The van der Waals surface area contributed by atoms with Gasteiger partial charge in [-0.15, -0.1) is 0 Å². The fourth-order valence-electron chi connectivity index (χ4n) is 1.59. The molecule has 3 rings (SSSR count). The predicted octanol–water partition coefficient (Wildman–Crippen LogP) is 0.762. The summed E-state index contributed by atoms with van der Waals surface area (Å²) in [5.41, 5.74) is 7.32. The van der Waals surface area contributed by atoms with Crippen molar-refractivity contribution in [3.8, 4) is 0 Å². The SMILES string of the molecule is NCc1cn2ccnc(NC3CC3)c2n1. The van der Waals surface area contributed by atoms with Gasteiger partial charge in [-0.25, -0.2) is 9.97 Å². The molecule has 3 N–H and O–H groups in total. The molecule has 1 saturated carbocycles. The van der Waals surface area contributed by atoms with E-state index in [1.54, 1.807) is 6.20 Å². The van der Waals surface area contributed by atoms with E-state index in [9.17, 15) is 0 Å². The third kappa shape index (κ3) is 1.55. The zero-order valence-corrected chi connectivity index (χ0v) is 8.35. The number of nitrogens with one attached hydrogen (secondary N) is 1. The quantitative estimate of drug-likeness (QED) is 0.772. The lowest BCUT2D eigenvalue weighted by atomic mass is 10.5. The summed E-state index contributed by atoms with van der Waals surface area (Å²) < 4.78 is 1.96. The number of anilines is 1. The van der Waals surface area contributed by atoms with Gasteiger partial charge in [-0.3, -0.25) is 0 Å². The van der Waals surface area contributed by atoms with Gasteiger partial charge in [0, 0.05) is 31.2 Å². The van der Waals surface area contributed by atoms with Crippen molar-refractivity contribution in [2.75, 3.05) is 5.32 Å². The van der Waals surface area contributed by atoms with Crippen LogP contribution < -0.4 is 11.1 Å². The highest BCUT2D eigenvalue weighted by atomic mass is 15.1. The van der Waals surface area contributed by atoms with E-state index in [4.69, 9.17) is 5.73 Å². The molecule has 0 aromatic carbocycles. The summed E-state index contributed by atoms with van der Waals surface area (Å²) in [6, 6.07) is 0.585. The van der Waals surface area contributed by atoms with Crippen LogP contribution in [0.1, 0.15) is 18.5 Å². The molecule has 0 saturated heterocycles. The minimum absolute atomic E-state index is 0.463. The fourth-order valence-corrected chi connectivity index (χ4v) is 1.59. The topological polar surface area (TPSA) is 68.2 Å². The Morgan fingerprint density at radius 2 is 2.40 bits per heavy atom. The highest BCUT2D eigenvalue weighted by Gasteiger charge is 2.22. The van der Waals surface area contributed by atoms with Crippen molar-refractivity contribution in [2.24, 2.45) is 5.73 Å². The molecule has 0 unspecified atom stereocenters. The molecule has 0 amide bonds. The van der Waals surface area contributed by atoms with Crippen molar-refractivity contribution in [2.45, 2.75) is 25.4 Å². The maximum absolute atomic E-state index is 5.56. The molecule has 0 atom stereocenters. The highest BCUT2D eigenvalue weighted by molar-refractivity contribution is 5.63. The number of hydrogen-bond acceptors (Lipinski definition) is 4. The molecule has 0 spiro atoms. The molecule has 2 aromatic heterocycles. The smallest absolute Gasteiger partial charge is 0.180 e. The molecule has 15 heavy (non-hydrogen) atoms. The molecule has 2 aromatic rings. The molecular weight excluding hydrogens is 190 g/mol. The number of aromatic nitrogens is 3. The molecule has 0 radical (unpaired) electrons. The summed E-state index contributed by atoms with van der Waals surface area (Å²) >= 11 is 0. The van der Waals surface area contributed by atoms with Gasteiger partial charge in [-0.1, -0.05) is 0 Å². The van der Waals surface area contributed by atoms with Crippen LogP contribution in [-0.2, 0) is 6.54 Å². The Balaban J connectivity index is 2.06. The maximum atomic E-state index is 5.56. The molecular formula is C10H13N5. The third-order valence-electron chi connectivity index (χ3n) is 2.55. The fraction of sp³-hybridized carbons (Fsp3) is 0.400. The molecule has 2 heterocycles. The van der Waals surface area contributed by atoms with Gasteiger partial charge < -0.3 is 15.5 Å². The number of imidazole rings is 1. The molecule has 0 aliphatic heterocycles. The summed E-state index contributed by atoms with van der Waals surface area (Å²) in [7, 11) is 0. The second kappa shape index (κ2) is 3.20. The van der Waals surface area contributed by atoms with Gasteiger partial charge in [0.2, 0.25) is 0 Å². The Bertz CT molecular complexity index is 486. The molecule has 5 heteroatoms. The van der Waals surface area contributed by atoms with E-state index in [2.05, 4.69) is 15.3 Å². The first-order valence-corrected chi connectivity index (χ1v) is 5.16. The zero-order chi connectivity index (χ0) is 10.3. The summed E-state index contributed by atoms with van der Waals surface area (Å²) in [5, 5.41) is 3.36. The van der Waals surface area contributed by atoms with Crippen LogP contribution in [0.15, 0.2) is 18.6 Å². The molecule has 0 bridgehead atoms. The first-order chi connectivity index (χ1) is 7.36. The second-order valence-electron chi connectivity index (χ2n) is 3.86. The van der Waals surface area contributed by atoms with Crippen molar-refractivity contribution < 1.29 is 0 Å². The van der Waals surface area contributed by atoms with Crippen LogP contribution in [0.3, 0.4) is 0 Å². The summed E-state index contributed by atoms with van der Waals surface area (Å²) in [6.07, 6.45) is 8.06. The van der Waals surface area contributed by atoms with E-state index in [1.165, 1.54) is 12.8 Å². The number of nitrogens with zero attached hydrogens (tertiary/aromatic N) is 3. The summed E-state index contributed by atoms with van der Waals surface area (Å²) in [6.45, 7) is 0.463. The lowest BCUT2D eigenvalue weighted by Gasteiger charge is -2.03. The van der Waals surface area contributed by atoms with Gasteiger partial charge in [0.15, 0.2) is 11.5 Å². The van der Waals surface area contributed by atoms with Crippen LogP contribution in [0.25, 0.3) is 5.65 Å². The van der Waals surface area contributed by atoms with Gasteiger partial charge >= 0.3 is 0 Å². The summed E-state index contributed by atoms with van der Waals surface area (Å²) in [5.74, 6) is 0.861. The van der Waals surface area contributed by atoms with Crippen molar-refractivity contribution in [3.63, 3.8) is 0 Å². The van der Waals surface area contributed by atoms with Gasteiger partial charge in [-0.05, 0) is 12.8 Å². The van der Waals surface area contributed by atoms with Crippen LogP contribution in [0.5, 0.6) is 0 Å². The molecule has 5 nitrogen and oxygen atoms in total. The van der Waals surface area contributed by atoms with Crippen LogP contribution in [0, 0.1) is 0 Å². The zero-order valence-electron chi connectivity index (χ0n) is 8.35. The van der Waals surface area contributed by atoms with Gasteiger partial charge in [0.05, 0.1) is 5.69 Å². The Morgan fingerprint density at radius 1 is 1.53 bits per heavy atom. The average Bonchev–Trinajstić information content (AvgIpc) is 2.96. The molecule has 1 aliphatic rings. The van der Waals surface area contributed by atoms with Crippen LogP contribution in [0.4, 0.5) is 5.82 Å². The van der Waals surface area contributed by atoms with Crippen LogP contribution >= 0.6 is 0 Å². The van der Waals surface area contributed by atoms with Crippen molar-refractivity contribution in [1.82, 2.24) is 14.4 Å². The van der Waals surface area contributed by atoms with Crippen molar-refractivity contribution in [3.05, 3.63) is 24.3 Å². The van der Waals surface area contributed by atoms with E-state index < -0.39 is 0 Å². The lowest BCUT2D eigenvalue weighted by Crippen LogP contribution is -2.05. The van der Waals surface area contributed by atoms with E-state index in [0.717, 1.165) is 17.2 Å². The Labute approximate surface area is 87.3 Å². The molecule has 1 aliphatic carbocycles. The van der Waals surface area contributed by atoms with Crippen molar-refractivity contribution >= 4 is 11.5 Å². The normalized spacial score (nSPS) is 15.8. The standard InChI is InChI=1S/C10H13N5/c11-5-8-6-15-4-3-12-9(10(15)14-8)13-7-1-2-7/h3-4,6-7H,1-2,5,11H2,(H,12,13). The van der Waals surface area contributed by atoms with E-state index >= 15 is 0 Å². The van der Waals surface area contributed by atoms with E-state index in [1.807, 2.05) is 16.8 Å². The Morgan fingerprint density at radius 3 is 3.13 bits per heavy atom. The lowest BCUT2D eigenvalue weighted by molar-refractivity contribution is 1.01. The highest BCUT2D eigenvalue weighted by Crippen LogP contribution is 2.25. The Hall–Kier alpha value is -1.62. The summed E-state index contributed by atoms with van der Waals surface area (Å²) in [4.78, 5) is 8.72. The van der Waals surface area contributed by atoms with Crippen LogP contribution in [-0.4, -0.2) is 20.4 Å². The second-order valence-corrected chi connectivity index (χ2v) is 3.86. The van der Waals surface area contributed by atoms with Crippen molar-refractivity contribution in [1.29, 1.82) is 0 Å². The molecule has 78 valence electrons. The third-order valence-corrected chi connectivity index (χ3v) is 2.55. The van der Waals surface area contributed by atoms with Crippen LogP contribution in [0.2, 0.25) is 0 Å². The average molecular weight is 203 g/mol. The largest absolute Gasteiger partial charge is 0.364 e. The Kier molecular flexibility index (Phi) is 1.85. The number of nitrogens with two attached hydrogens (primary N) is 1. The van der Waals surface area contributed by atoms with E-state index in [-0.39, 0.29) is 0 Å². The van der Waals surface area contributed by atoms with Gasteiger partial charge in [0.1, 0.15) is 0 Å². The minimum atomic E-state index is 0.463. The first-order valence-electron chi connectivity index (χ1n) is 5.16. The first kappa shape index (κ1) is 8.67. The number of rotatable bonds is 3. The van der Waals surface area contributed by atoms with Gasteiger partial charge in [0.25, 0.3) is 0 Å². The maximum Gasteiger partial charge on any atom is 0.180 e. The number of fused-ring (bicyclic) bond motifs is 1. The number of hydrogen-bond donors (Lipinski definition) is 2. The molecule has 1 fully saturated rings. The minimum Gasteiger partial charge on any atom is -0.364 e. The monoisotopic (exact) mass is 203 g/mol.